The highest BCUT2D eigenvalue weighted by molar-refractivity contribution is 4.81. The third-order valence-corrected chi connectivity index (χ3v) is 4.34. The van der Waals surface area contributed by atoms with Crippen molar-refractivity contribution < 1.29 is 22.0 Å². The van der Waals surface area contributed by atoms with Gasteiger partial charge in [0.2, 0.25) is 0 Å². The van der Waals surface area contributed by atoms with Gasteiger partial charge in [0.25, 0.3) is 0 Å². The molecule has 27 heavy (non-hydrogen) atoms. The number of rotatable bonds is 15. The van der Waals surface area contributed by atoms with Crippen LogP contribution in [0.3, 0.4) is 0 Å². The fourth-order valence-electron chi connectivity index (χ4n) is 2.59. The van der Waals surface area contributed by atoms with Crippen LogP contribution in [0.2, 0.25) is 0 Å². The van der Waals surface area contributed by atoms with Crippen LogP contribution in [0.15, 0.2) is 12.2 Å². The van der Waals surface area contributed by atoms with E-state index < -0.39 is 18.5 Å². The minimum absolute atomic E-state index is 0.174. The molecule has 0 saturated carbocycles. The number of allylic oxidation sites excluding steroid dienone is 2. The van der Waals surface area contributed by atoms with Gasteiger partial charge in [0.1, 0.15) is 0 Å². The summed E-state index contributed by atoms with van der Waals surface area (Å²) in [5.41, 5.74) is 0. The molecule has 0 unspecified atom stereocenters. The summed E-state index contributed by atoms with van der Waals surface area (Å²) in [5, 5.41) is 0. The summed E-state index contributed by atoms with van der Waals surface area (Å²) in [7, 11) is 0. The number of alkyl halides is 5. The van der Waals surface area contributed by atoms with E-state index in [9.17, 15) is 22.0 Å². The summed E-state index contributed by atoms with van der Waals surface area (Å²) in [6, 6.07) is 0. The molecule has 0 bridgehead atoms. The molecule has 0 N–H and O–H groups in total. The molecular weight excluding hydrogens is 359 g/mol. The number of unbranched alkanes of at least 4 members (excludes halogenated alkanes) is 11. The SMILES string of the molecule is CCCC(F)(F)C(F)(F)F.CCCC/C=C\CCCCCCCCCCC. The monoisotopic (exact) mass is 400 g/mol. The van der Waals surface area contributed by atoms with E-state index in [1.54, 1.807) is 0 Å². The summed E-state index contributed by atoms with van der Waals surface area (Å²) >= 11 is 0. The lowest BCUT2D eigenvalue weighted by Gasteiger charge is -2.18. The molecule has 0 amide bonds. The van der Waals surface area contributed by atoms with Gasteiger partial charge in [-0.1, -0.05) is 104 Å². The van der Waals surface area contributed by atoms with Crippen LogP contribution in [0.1, 0.15) is 117 Å². The van der Waals surface area contributed by atoms with Gasteiger partial charge in [0, 0.05) is 6.42 Å². The lowest BCUT2D eigenvalue weighted by Crippen LogP contribution is -2.35. The van der Waals surface area contributed by atoms with Crippen LogP contribution in [0.25, 0.3) is 0 Å². The van der Waals surface area contributed by atoms with Crippen molar-refractivity contribution in [2.75, 3.05) is 0 Å². The van der Waals surface area contributed by atoms with Crippen LogP contribution in [-0.2, 0) is 0 Å². The first-order chi connectivity index (χ1) is 12.7. The van der Waals surface area contributed by atoms with Crippen molar-refractivity contribution in [3.8, 4) is 0 Å². The Labute approximate surface area is 164 Å². The maximum atomic E-state index is 11.8. The molecule has 0 aromatic carbocycles. The van der Waals surface area contributed by atoms with Gasteiger partial charge < -0.3 is 0 Å². The Kier molecular flexibility index (Phi) is 19.8. The molecule has 0 aliphatic heterocycles. The first-order valence-corrected chi connectivity index (χ1v) is 10.8. The zero-order valence-electron chi connectivity index (χ0n) is 17.7. The zero-order chi connectivity index (χ0) is 21.0. The van der Waals surface area contributed by atoms with Crippen LogP contribution in [0.4, 0.5) is 22.0 Å². The molecule has 0 fully saturated rings. The van der Waals surface area contributed by atoms with E-state index >= 15 is 0 Å². The third-order valence-electron chi connectivity index (χ3n) is 4.34. The Hall–Kier alpha value is -0.610. The van der Waals surface area contributed by atoms with Crippen molar-refractivity contribution in [3.05, 3.63) is 12.2 Å². The highest BCUT2D eigenvalue weighted by Gasteiger charge is 2.56. The lowest BCUT2D eigenvalue weighted by atomic mass is 10.1. The van der Waals surface area contributed by atoms with Crippen molar-refractivity contribution in [1.82, 2.24) is 0 Å². The number of halogens is 5. The lowest BCUT2D eigenvalue weighted by molar-refractivity contribution is -0.284. The standard InChI is InChI=1S/C17H34.C5H7F5/c1-3-5-7-9-11-13-15-17-16-14-12-10-8-6-4-2;1-2-3-4(6,7)5(8,9)10/h9,11H,3-8,10,12-17H2,1-2H3;2-3H2,1H3/b11-9-;. The average Bonchev–Trinajstić information content (AvgIpc) is 2.58. The molecule has 0 saturated heterocycles. The van der Waals surface area contributed by atoms with Crippen molar-refractivity contribution in [2.45, 2.75) is 129 Å². The average molecular weight is 401 g/mol. The molecule has 0 aliphatic carbocycles. The molecule has 0 aliphatic rings. The zero-order valence-corrected chi connectivity index (χ0v) is 17.7. The summed E-state index contributed by atoms with van der Waals surface area (Å²) < 4.78 is 57.4. The first kappa shape index (κ1) is 28.6. The Balaban J connectivity index is 0. The van der Waals surface area contributed by atoms with E-state index in [2.05, 4.69) is 26.0 Å². The first-order valence-electron chi connectivity index (χ1n) is 10.8. The van der Waals surface area contributed by atoms with Crippen LogP contribution in [0.5, 0.6) is 0 Å². The number of hydrogen-bond donors (Lipinski definition) is 0. The molecule has 0 nitrogen and oxygen atoms in total. The third kappa shape index (κ3) is 19.9. The van der Waals surface area contributed by atoms with Crippen molar-refractivity contribution >= 4 is 0 Å². The molecular formula is C22H41F5. The topological polar surface area (TPSA) is 0 Å². The molecule has 5 heteroatoms. The molecule has 0 radical (unpaired) electrons. The minimum atomic E-state index is -5.39. The van der Waals surface area contributed by atoms with E-state index in [0.717, 1.165) is 0 Å². The van der Waals surface area contributed by atoms with Gasteiger partial charge in [-0.15, -0.1) is 0 Å². The fraction of sp³-hybridized carbons (Fsp3) is 0.909. The molecule has 0 aromatic heterocycles. The van der Waals surface area contributed by atoms with Gasteiger partial charge in [-0.3, -0.25) is 0 Å². The minimum Gasteiger partial charge on any atom is -0.196 e. The fourth-order valence-corrected chi connectivity index (χ4v) is 2.59. The van der Waals surface area contributed by atoms with Crippen LogP contribution >= 0.6 is 0 Å². The van der Waals surface area contributed by atoms with Crippen molar-refractivity contribution in [2.24, 2.45) is 0 Å². The van der Waals surface area contributed by atoms with E-state index in [4.69, 9.17) is 0 Å². The second-order valence-corrected chi connectivity index (χ2v) is 7.18. The van der Waals surface area contributed by atoms with E-state index in [1.807, 2.05) is 0 Å². The van der Waals surface area contributed by atoms with E-state index in [1.165, 1.54) is 90.4 Å². The van der Waals surface area contributed by atoms with Crippen LogP contribution in [-0.4, -0.2) is 12.1 Å². The van der Waals surface area contributed by atoms with Crippen molar-refractivity contribution in [1.29, 1.82) is 0 Å². The highest BCUT2D eigenvalue weighted by atomic mass is 19.4. The Morgan fingerprint density at radius 3 is 1.30 bits per heavy atom. The quantitative estimate of drug-likeness (QED) is 0.146. The van der Waals surface area contributed by atoms with Gasteiger partial charge in [-0.05, 0) is 19.3 Å². The Morgan fingerprint density at radius 2 is 0.926 bits per heavy atom. The molecule has 0 heterocycles. The van der Waals surface area contributed by atoms with Gasteiger partial charge in [0.15, 0.2) is 0 Å². The second-order valence-electron chi connectivity index (χ2n) is 7.18. The smallest absolute Gasteiger partial charge is 0.196 e. The maximum Gasteiger partial charge on any atom is 0.453 e. The maximum absolute atomic E-state index is 11.8. The summed E-state index contributed by atoms with van der Waals surface area (Å²) in [4.78, 5) is 0. The normalized spacial score (nSPS) is 12.3. The van der Waals surface area contributed by atoms with Crippen molar-refractivity contribution in [3.63, 3.8) is 0 Å². The predicted molar refractivity (Wildman–Crippen MR) is 106 cm³/mol. The van der Waals surface area contributed by atoms with E-state index in [0.29, 0.717) is 0 Å². The molecule has 0 atom stereocenters. The van der Waals surface area contributed by atoms with E-state index in [-0.39, 0.29) is 6.42 Å². The number of hydrogen-bond acceptors (Lipinski definition) is 0. The second kappa shape index (κ2) is 18.7. The Bertz CT molecular complexity index is 321. The van der Waals surface area contributed by atoms with Gasteiger partial charge >= 0.3 is 12.1 Å². The summed E-state index contributed by atoms with van der Waals surface area (Å²) in [5.74, 6) is -4.51. The van der Waals surface area contributed by atoms with Gasteiger partial charge in [-0.2, -0.15) is 22.0 Å². The highest BCUT2D eigenvalue weighted by Crippen LogP contribution is 2.38. The van der Waals surface area contributed by atoms with Gasteiger partial charge in [-0.25, -0.2) is 0 Å². The molecule has 0 spiro atoms. The van der Waals surface area contributed by atoms with Crippen LogP contribution in [0, 0.1) is 0 Å². The van der Waals surface area contributed by atoms with Crippen LogP contribution < -0.4 is 0 Å². The molecule has 0 rings (SSSR count). The van der Waals surface area contributed by atoms with Gasteiger partial charge in [0.05, 0.1) is 0 Å². The summed E-state index contributed by atoms with van der Waals surface area (Å²) in [6.45, 7) is 5.82. The summed E-state index contributed by atoms with van der Waals surface area (Å²) in [6.07, 6.45) is 16.3. The predicted octanol–water partition coefficient (Wildman–Crippen LogP) is 9.64. The molecule has 164 valence electrons. The Morgan fingerprint density at radius 1 is 0.519 bits per heavy atom. The molecule has 0 aromatic rings. The largest absolute Gasteiger partial charge is 0.453 e.